The van der Waals surface area contributed by atoms with Crippen molar-refractivity contribution in [2.45, 2.75) is 70.3 Å². The second-order valence-electron chi connectivity index (χ2n) is 9.25. The van der Waals surface area contributed by atoms with E-state index in [9.17, 15) is 0 Å². The van der Waals surface area contributed by atoms with Gasteiger partial charge in [0.2, 0.25) is 0 Å². The molecule has 0 saturated heterocycles. The van der Waals surface area contributed by atoms with Crippen LogP contribution in [-0.4, -0.2) is 0 Å². The van der Waals surface area contributed by atoms with Crippen molar-refractivity contribution in [2.24, 2.45) is 0 Å². The molecule has 0 N–H and O–H groups in total. The molecule has 0 fully saturated rings. The molecule has 1 aliphatic heterocycles. The zero-order valence-corrected chi connectivity index (χ0v) is 20.5. The molecule has 2 unspecified atom stereocenters. The molecule has 0 radical (unpaired) electrons. The van der Waals surface area contributed by atoms with Crippen LogP contribution in [0.5, 0.6) is 5.75 Å². The second-order valence-corrected chi connectivity index (χ2v) is 13.0. The molecule has 1 aromatic heterocycles. The van der Waals surface area contributed by atoms with Gasteiger partial charge in [-0.1, -0.05) is 40.7 Å². The van der Waals surface area contributed by atoms with Gasteiger partial charge in [0.1, 0.15) is 11.9 Å². The highest BCUT2D eigenvalue weighted by Crippen LogP contribution is 2.53. The summed E-state index contributed by atoms with van der Waals surface area (Å²) >= 11 is 8.68. The van der Waals surface area contributed by atoms with Crippen LogP contribution in [0.4, 0.5) is 0 Å². The molecule has 0 saturated carbocycles. The number of thiophene rings is 1. The lowest BCUT2D eigenvalue weighted by molar-refractivity contribution is 0.219. The summed E-state index contributed by atoms with van der Waals surface area (Å²) in [5, 5.41) is 2.19. The number of rotatable bonds is 2. The van der Waals surface area contributed by atoms with Gasteiger partial charge in [0.25, 0.3) is 0 Å². The molecule has 1 aliphatic carbocycles. The molecule has 144 valence electrons. The maximum Gasteiger partial charge on any atom is 0.140 e. The van der Waals surface area contributed by atoms with E-state index < -0.39 is 0 Å². The van der Waals surface area contributed by atoms with Gasteiger partial charge in [-0.05, 0) is 95.8 Å². The molecule has 4 rings (SSSR count). The van der Waals surface area contributed by atoms with Gasteiger partial charge < -0.3 is 4.74 Å². The smallest absolute Gasteiger partial charge is 0.140 e. The van der Waals surface area contributed by atoms with Crippen LogP contribution in [-0.2, 0) is 10.8 Å². The van der Waals surface area contributed by atoms with Crippen molar-refractivity contribution in [3.8, 4) is 5.75 Å². The van der Waals surface area contributed by atoms with Gasteiger partial charge in [-0.2, -0.15) is 0 Å². The van der Waals surface area contributed by atoms with Gasteiger partial charge in [0, 0.05) is 16.4 Å². The zero-order valence-electron chi connectivity index (χ0n) is 16.5. The van der Waals surface area contributed by atoms with Gasteiger partial charge >= 0.3 is 0 Å². The fraction of sp³-hybridized carbons (Fsp3) is 0.478. The molecule has 0 spiro atoms. The number of ether oxygens (including phenoxy) is 1. The molecular formula is C23H26Br2OS. The highest BCUT2D eigenvalue weighted by molar-refractivity contribution is 9.28. The highest BCUT2D eigenvalue weighted by atomic mass is 79.9. The molecule has 27 heavy (non-hydrogen) atoms. The first kappa shape index (κ1) is 19.7. The standard InChI is InChI=1S/C23H26Br2OS/c1-13-15-10-16-17(23(4,5)7-6-22(16,2)3)11-18(15)26-21(13)19-8-14(12-27-19)9-20(24)25/h8-13,21H,6-7H2,1-5H3. The Labute approximate surface area is 183 Å². The van der Waals surface area contributed by atoms with Crippen molar-refractivity contribution < 1.29 is 4.74 Å². The average Bonchev–Trinajstić information content (AvgIpc) is 3.15. The average molecular weight is 510 g/mol. The van der Waals surface area contributed by atoms with Gasteiger partial charge in [0.15, 0.2) is 0 Å². The van der Waals surface area contributed by atoms with Crippen LogP contribution < -0.4 is 4.74 Å². The number of hydrogen-bond donors (Lipinski definition) is 0. The summed E-state index contributed by atoms with van der Waals surface area (Å²) in [6.07, 6.45) is 4.66. The fourth-order valence-electron chi connectivity index (χ4n) is 4.49. The summed E-state index contributed by atoms with van der Waals surface area (Å²) in [5.74, 6) is 1.46. The molecule has 0 amide bonds. The minimum Gasteiger partial charge on any atom is -0.484 e. The molecule has 1 nitrogen and oxygen atoms in total. The Balaban J connectivity index is 1.74. The lowest BCUT2D eigenvalue weighted by Crippen LogP contribution is -2.33. The third-order valence-electron chi connectivity index (χ3n) is 6.38. The first-order valence-electron chi connectivity index (χ1n) is 9.55. The summed E-state index contributed by atoms with van der Waals surface area (Å²) in [4.78, 5) is 1.29. The fourth-order valence-corrected chi connectivity index (χ4v) is 6.02. The number of halogens is 2. The molecular weight excluding hydrogens is 484 g/mol. The van der Waals surface area contributed by atoms with E-state index in [0.717, 1.165) is 9.14 Å². The molecule has 1 aromatic carbocycles. The topological polar surface area (TPSA) is 9.23 Å². The van der Waals surface area contributed by atoms with E-state index in [1.165, 1.54) is 40.0 Å². The summed E-state index contributed by atoms with van der Waals surface area (Å²) in [7, 11) is 0. The van der Waals surface area contributed by atoms with E-state index in [0.29, 0.717) is 5.92 Å². The number of hydrogen-bond acceptors (Lipinski definition) is 2. The van der Waals surface area contributed by atoms with E-state index in [-0.39, 0.29) is 16.9 Å². The Bertz CT molecular complexity index is 918. The SMILES string of the molecule is CC1c2cc3c(cc2OC1c1cc(C=C(Br)Br)cs1)C(C)(C)CCC3(C)C. The van der Waals surface area contributed by atoms with Gasteiger partial charge in [-0.3, -0.25) is 0 Å². The monoisotopic (exact) mass is 508 g/mol. The highest BCUT2D eigenvalue weighted by Gasteiger charge is 2.41. The molecule has 2 heterocycles. The Kier molecular flexibility index (Phi) is 4.92. The van der Waals surface area contributed by atoms with Gasteiger partial charge in [-0.25, -0.2) is 0 Å². The van der Waals surface area contributed by atoms with Crippen molar-refractivity contribution in [3.05, 3.63) is 54.1 Å². The van der Waals surface area contributed by atoms with Crippen molar-refractivity contribution >= 4 is 49.3 Å². The summed E-state index contributed by atoms with van der Waals surface area (Å²) in [6, 6.07) is 7.05. The Morgan fingerprint density at radius 2 is 1.70 bits per heavy atom. The third kappa shape index (κ3) is 3.47. The van der Waals surface area contributed by atoms with Crippen molar-refractivity contribution in [1.29, 1.82) is 0 Å². The van der Waals surface area contributed by atoms with Crippen molar-refractivity contribution in [2.75, 3.05) is 0 Å². The summed E-state index contributed by atoms with van der Waals surface area (Å²) in [5.41, 5.74) is 6.02. The molecule has 2 atom stereocenters. The quantitative estimate of drug-likeness (QED) is 0.394. The van der Waals surface area contributed by atoms with E-state index in [1.54, 1.807) is 11.3 Å². The molecule has 2 aliphatic rings. The summed E-state index contributed by atoms with van der Waals surface area (Å²) in [6.45, 7) is 11.8. The Hall–Kier alpha value is -0.580. The third-order valence-corrected chi connectivity index (χ3v) is 7.85. The predicted molar refractivity (Wildman–Crippen MR) is 124 cm³/mol. The molecule has 0 bridgehead atoms. The predicted octanol–water partition coefficient (Wildman–Crippen LogP) is 8.42. The Morgan fingerprint density at radius 3 is 2.33 bits per heavy atom. The van der Waals surface area contributed by atoms with E-state index >= 15 is 0 Å². The van der Waals surface area contributed by atoms with Crippen LogP contribution in [0.25, 0.3) is 6.08 Å². The minimum absolute atomic E-state index is 0.108. The zero-order chi connectivity index (χ0) is 19.6. The molecule has 4 heteroatoms. The van der Waals surface area contributed by atoms with Crippen LogP contribution >= 0.6 is 43.2 Å². The maximum atomic E-state index is 6.52. The van der Waals surface area contributed by atoms with Gasteiger partial charge in [-0.15, -0.1) is 11.3 Å². The van der Waals surface area contributed by atoms with E-state index in [4.69, 9.17) is 4.74 Å². The lowest BCUT2D eigenvalue weighted by Gasteiger charge is -2.42. The first-order valence-corrected chi connectivity index (χ1v) is 12.0. The summed E-state index contributed by atoms with van der Waals surface area (Å²) < 4.78 is 7.48. The van der Waals surface area contributed by atoms with Crippen LogP contribution in [0.3, 0.4) is 0 Å². The normalized spacial score (nSPS) is 24.7. The van der Waals surface area contributed by atoms with Gasteiger partial charge in [0.05, 0.1) is 3.39 Å². The number of fused-ring (bicyclic) bond motifs is 2. The van der Waals surface area contributed by atoms with Crippen LogP contribution in [0.1, 0.15) is 86.6 Å². The van der Waals surface area contributed by atoms with Crippen LogP contribution in [0.15, 0.2) is 27.0 Å². The van der Waals surface area contributed by atoms with Crippen LogP contribution in [0, 0.1) is 0 Å². The van der Waals surface area contributed by atoms with E-state index in [1.807, 2.05) is 0 Å². The van der Waals surface area contributed by atoms with Crippen molar-refractivity contribution in [1.82, 2.24) is 0 Å². The Morgan fingerprint density at radius 1 is 1.07 bits per heavy atom. The number of benzene rings is 1. The first-order chi connectivity index (χ1) is 12.6. The lowest BCUT2D eigenvalue weighted by atomic mass is 9.62. The largest absolute Gasteiger partial charge is 0.484 e. The maximum absolute atomic E-state index is 6.52. The van der Waals surface area contributed by atoms with Crippen molar-refractivity contribution in [3.63, 3.8) is 0 Å². The second kappa shape index (κ2) is 6.74. The minimum atomic E-state index is 0.108. The van der Waals surface area contributed by atoms with E-state index in [2.05, 4.69) is 96.1 Å². The molecule has 2 aromatic rings. The van der Waals surface area contributed by atoms with Crippen LogP contribution in [0.2, 0.25) is 0 Å².